The number of piperidine rings is 1. The van der Waals surface area contributed by atoms with Gasteiger partial charge in [0, 0.05) is 13.1 Å². The number of halogens is 2. The van der Waals surface area contributed by atoms with Crippen LogP contribution in [0.1, 0.15) is 35.9 Å². The van der Waals surface area contributed by atoms with Crippen LogP contribution < -0.4 is 0 Å². The number of hydrogen-bond donors (Lipinski definition) is 0. The molecule has 8 nitrogen and oxygen atoms in total. The third-order valence-corrected chi connectivity index (χ3v) is 5.38. The highest BCUT2D eigenvalue weighted by atomic mass is 35.5. The molecule has 1 aromatic carbocycles. The number of aromatic nitrogens is 1. The second-order valence-electron chi connectivity index (χ2n) is 7.04. The summed E-state index contributed by atoms with van der Waals surface area (Å²) in [6, 6.07) is 4.07. The lowest BCUT2D eigenvalue weighted by Gasteiger charge is -2.30. The van der Waals surface area contributed by atoms with Gasteiger partial charge in [-0.05, 0) is 38.8 Å². The van der Waals surface area contributed by atoms with Crippen LogP contribution in [0.5, 0.6) is 0 Å². The first-order chi connectivity index (χ1) is 14.8. The Hall–Kier alpha value is -2.94. The predicted molar refractivity (Wildman–Crippen MR) is 108 cm³/mol. The summed E-state index contributed by atoms with van der Waals surface area (Å²) in [5.74, 6) is -2.32. The molecule has 1 fully saturated rings. The fourth-order valence-electron chi connectivity index (χ4n) is 3.42. The van der Waals surface area contributed by atoms with E-state index >= 15 is 0 Å². The van der Waals surface area contributed by atoms with Gasteiger partial charge in [0.1, 0.15) is 22.8 Å². The van der Waals surface area contributed by atoms with E-state index in [0.29, 0.717) is 32.5 Å². The van der Waals surface area contributed by atoms with Crippen molar-refractivity contribution in [3.8, 4) is 11.3 Å². The molecule has 31 heavy (non-hydrogen) atoms. The van der Waals surface area contributed by atoms with Crippen LogP contribution in [0, 0.1) is 18.7 Å². The molecule has 166 valence electrons. The van der Waals surface area contributed by atoms with Crippen LogP contribution in [0.25, 0.3) is 11.3 Å². The molecule has 2 aromatic rings. The van der Waals surface area contributed by atoms with Gasteiger partial charge in [0.05, 0.1) is 23.1 Å². The molecule has 1 aliphatic heterocycles. The number of hydrogen-bond acceptors (Lipinski definition) is 7. The molecule has 0 atom stereocenters. The Kier molecular flexibility index (Phi) is 7.27. The summed E-state index contributed by atoms with van der Waals surface area (Å²) < 4.78 is 29.5. The normalized spacial score (nSPS) is 14.4. The monoisotopic (exact) mass is 452 g/mol. The first-order valence-corrected chi connectivity index (χ1v) is 10.2. The molecule has 0 saturated carbocycles. The van der Waals surface area contributed by atoms with Crippen LogP contribution in [0.4, 0.5) is 4.39 Å². The van der Waals surface area contributed by atoms with Crippen LogP contribution in [-0.2, 0) is 19.1 Å². The average molecular weight is 453 g/mol. The third kappa shape index (κ3) is 5.04. The molecule has 0 bridgehead atoms. The van der Waals surface area contributed by atoms with Crippen LogP contribution in [-0.4, -0.2) is 54.2 Å². The molecule has 0 aliphatic carbocycles. The molecule has 0 radical (unpaired) electrons. The molecule has 0 spiro atoms. The SMILES string of the molecule is CCOC(=O)C1CCN(C(=O)COC(=O)c2c(-c3c(F)cccc3Cl)noc2C)CC1. The summed E-state index contributed by atoms with van der Waals surface area (Å²) in [7, 11) is 0. The lowest BCUT2D eigenvalue weighted by atomic mass is 9.97. The lowest BCUT2D eigenvalue weighted by Crippen LogP contribution is -2.42. The molecule has 2 heterocycles. The Bertz CT molecular complexity index is 964. The zero-order chi connectivity index (χ0) is 22.5. The number of likely N-dealkylation sites (tertiary alicyclic amines) is 1. The van der Waals surface area contributed by atoms with E-state index in [2.05, 4.69) is 5.16 Å². The van der Waals surface area contributed by atoms with Crippen LogP contribution in [0.3, 0.4) is 0 Å². The number of nitrogens with zero attached hydrogens (tertiary/aromatic N) is 2. The van der Waals surface area contributed by atoms with Gasteiger partial charge >= 0.3 is 11.9 Å². The molecule has 1 amide bonds. The molecular formula is C21H22ClFN2O6. The molecule has 1 aliphatic rings. The van der Waals surface area contributed by atoms with E-state index in [9.17, 15) is 18.8 Å². The summed E-state index contributed by atoms with van der Waals surface area (Å²) in [6.45, 7) is 3.76. The maximum absolute atomic E-state index is 14.3. The van der Waals surface area contributed by atoms with Gasteiger partial charge in [0.2, 0.25) is 0 Å². The molecule has 10 heteroatoms. The first kappa shape index (κ1) is 22.7. The number of carbonyl (C=O) groups is 3. The number of amides is 1. The number of carbonyl (C=O) groups excluding carboxylic acids is 3. The third-order valence-electron chi connectivity index (χ3n) is 5.06. The van der Waals surface area contributed by atoms with Crippen LogP contribution in [0.2, 0.25) is 5.02 Å². The van der Waals surface area contributed by atoms with Crippen molar-refractivity contribution < 1.29 is 32.8 Å². The topological polar surface area (TPSA) is 98.9 Å². The van der Waals surface area contributed by atoms with Crippen molar-refractivity contribution in [2.75, 3.05) is 26.3 Å². The second kappa shape index (κ2) is 9.91. The first-order valence-electron chi connectivity index (χ1n) is 9.85. The van der Waals surface area contributed by atoms with Crippen molar-refractivity contribution in [3.05, 3.63) is 40.4 Å². The van der Waals surface area contributed by atoms with Gasteiger partial charge in [-0.25, -0.2) is 9.18 Å². The van der Waals surface area contributed by atoms with Gasteiger partial charge < -0.3 is 18.9 Å². The average Bonchev–Trinajstić information content (AvgIpc) is 3.13. The van der Waals surface area contributed by atoms with E-state index in [1.807, 2.05) is 0 Å². The molecule has 1 saturated heterocycles. The quantitative estimate of drug-likeness (QED) is 0.619. The van der Waals surface area contributed by atoms with E-state index in [0.717, 1.165) is 0 Å². The highest BCUT2D eigenvalue weighted by Crippen LogP contribution is 2.33. The van der Waals surface area contributed by atoms with E-state index in [4.69, 9.17) is 25.6 Å². The van der Waals surface area contributed by atoms with E-state index in [1.165, 1.54) is 30.0 Å². The summed E-state index contributed by atoms with van der Waals surface area (Å²) in [5, 5.41) is 3.80. The van der Waals surface area contributed by atoms with E-state index < -0.39 is 24.3 Å². The molecule has 1 aromatic heterocycles. The zero-order valence-corrected chi connectivity index (χ0v) is 17.9. The van der Waals surface area contributed by atoms with Gasteiger partial charge in [-0.1, -0.05) is 22.8 Å². The Morgan fingerprint density at radius 2 is 1.97 bits per heavy atom. The fraction of sp³-hybridized carbons (Fsp3) is 0.429. The van der Waals surface area contributed by atoms with Gasteiger partial charge in [0.15, 0.2) is 6.61 Å². The maximum Gasteiger partial charge on any atom is 0.344 e. The highest BCUT2D eigenvalue weighted by Gasteiger charge is 2.30. The summed E-state index contributed by atoms with van der Waals surface area (Å²) in [4.78, 5) is 38.4. The van der Waals surface area contributed by atoms with Crippen molar-refractivity contribution in [1.29, 1.82) is 0 Å². The van der Waals surface area contributed by atoms with Gasteiger partial charge in [-0.3, -0.25) is 9.59 Å². The summed E-state index contributed by atoms with van der Waals surface area (Å²) in [5.41, 5.74) is -0.269. The predicted octanol–water partition coefficient (Wildman–Crippen LogP) is 3.40. The minimum atomic E-state index is -0.872. The number of aryl methyl sites for hydroxylation is 1. The molecule has 3 rings (SSSR count). The highest BCUT2D eigenvalue weighted by molar-refractivity contribution is 6.33. The standard InChI is InChI=1S/C21H22ClFN2O6/c1-3-29-20(27)13-7-9-25(10-8-13)16(26)11-30-21(28)17-12(2)31-24-19(17)18-14(22)5-4-6-15(18)23/h4-6,13H,3,7-11H2,1-2H3. The van der Waals surface area contributed by atoms with Crippen molar-refractivity contribution in [2.24, 2.45) is 5.92 Å². The Labute approximate surface area is 183 Å². The smallest absolute Gasteiger partial charge is 0.344 e. The van der Waals surface area contributed by atoms with Crippen molar-refractivity contribution in [1.82, 2.24) is 10.1 Å². The largest absolute Gasteiger partial charge is 0.466 e. The summed E-state index contributed by atoms with van der Waals surface area (Å²) in [6.07, 6.45) is 0.971. The zero-order valence-electron chi connectivity index (χ0n) is 17.2. The fourth-order valence-corrected chi connectivity index (χ4v) is 3.68. The van der Waals surface area contributed by atoms with Gasteiger partial charge in [0.25, 0.3) is 5.91 Å². The van der Waals surface area contributed by atoms with Gasteiger partial charge in [-0.15, -0.1) is 0 Å². The maximum atomic E-state index is 14.3. The van der Waals surface area contributed by atoms with Crippen molar-refractivity contribution >= 4 is 29.4 Å². The molecular weight excluding hydrogens is 431 g/mol. The number of benzene rings is 1. The minimum absolute atomic E-state index is 0.0582. The van der Waals surface area contributed by atoms with Crippen LogP contribution >= 0.6 is 11.6 Å². The lowest BCUT2D eigenvalue weighted by molar-refractivity contribution is -0.151. The Balaban J connectivity index is 1.63. The Morgan fingerprint density at radius 3 is 2.61 bits per heavy atom. The molecule has 0 unspecified atom stereocenters. The number of rotatable bonds is 6. The number of esters is 2. The van der Waals surface area contributed by atoms with Crippen molar-refractivity contribution in [3.63, 3.8) is 0 Å². The molecule has 0 N–H and O–H groups in total. The van der Waals surface area contributed by atoms with Crippen LogP contribution in [0.15, 0.2) is 22.7 Å². The van der Waals surface area contributed by atoms with E-state index in [-0.39, 0.29) is 39.5 Å². The Morgan fingerprint density at radius 1 is 1.26 bits per heavy atom. The minimum Gasteiger partial charge on any atom is -0.466 e. The second-order valence-corrected chi connectivity index (χ2v) is 7.45. The van der Waals surface area contributed by atoms with Gasteiger partial charge in [-0.2, -0.15) is 0 Å². The van der Waals surface area contributed by atoms with E-state index in [1.54, 1.807) is 6.92 Å². The summed E-state index contributed by atoms with van der Waals surface area (Å²) >= 11 is 6.07. The van der Waals surface area contributed by atoms with Crippen molar-refractivity contribution in [2.45, 2.75) is 26.7 Å². The number of ether oxygens (including phenoxy) is 2.